The van der Waals surface area contributed by atoms with Crippen molar-refractivity contribution in [3.05, 3.63) is 81.3 Å². The van der Waals surface area contributed by atoms with Crippen LogP contribution in [0.3, 0.4) is 0 Å². The van der Waals surface area contributed by atoms with E-state index in [2.05, 4.69) is 27.0 Å². The molecule has 0 fully saturated rings. The maximum absolute atomic E-state index is 12.1. The van der Waals surface area contributed by atoms with E-state index in [9.17, 15) is 4.79 Å². The summed E-state index contributed by atoms with van der Waals surface area (Å²) in [6.07, 6.45) is 5.84. The SMILES string of the molecule is CCc1cc2ncc(CN3CC=C(c4ccc(C#N)cc4)CC3)cc2[nH]c1=O. The van der Waals surface area contributed by atoms with E-state index in [0.29, 0.717) is 12.0 Å². The number of pyridine rings is 2. The van der Waals surface area contributed by atoms with E-state index in [1.54, 1.807) is 0 Å². The molecule has 0 atom stereocenters. The molecule has 140 valence electrons. The van der Waals surface area contributed by atoms with Crippen molar-refractivity contribution in [2.75, 3.05) is 13.1 Å². The molecule has 0 unspecified atom stereocenters. The van der Waals surface area contributed by atoms with Crippen LogP contribution in [-0.4, -0.2) is 28.0 Å². The Balaban J connectivity index is 1.47. The van der Waals surface area contributed by atoms with Crippen molar-refractivity contribution in [3.8, 4) is 6.07 Å². The Kier molecular flexibility index (Phi) is 5.05. The molecule has 1 N–H and O–H groups in total. The zero-order chi connectivity index (χ0) is 19.5. The molecule has 0 saturated heterocycles. The normalized spacial score (nSPS) is 14.6. The minimum atomic E-state index is -0.0260. The van der Waals surface area contributed by atoms with Crippen LogP contribution in [0.2, 0.25) is 0 Å². The fraction of sp³-hybridized carbons (Fsp3) is 0.261. The van der Waals surface area contributed by atoms with E-state index in [1.165, 1.54) is 11.1 Å². The quantitative estimate of drug-likeness (QED) is 0.761. The molecule has 1 aromatic carbocycles. The van der Waals surface area contributed by atoms with Gasteiger partial charge in [0.05, 0.1) is 22.7 Å². The van der Waals surface area contributed by atoms with Crippen molar-refractivity contribution in [1.82, 2.24) is 14.9 Å². The van der Waals surface area contributed by atoms with Crippen LogP contribution in [0.5, 0.6) is 0 Å². The number of nitrogens with zero attached hydrogens (tertiary/aromatic N) is 3. The van der Waals surface area contributed by atoms with E-state index in [-0.39, 0.29) is 5.56 Å². The van der Waals surface area contributed by atoms with Crippen LogP contribution in [0, 0.1) is 11.3 Å². The van der Waals surface area contributed by atoms with Crippen molar-refractivity contribution in [2.24, 2.45) is 0 Å². The zero-order valence-electron chi connectivity index (χ0n) is 15.9. The predicted octanol–water partition coefficient (Wildman–Crippen LogP) is 3.65. The van der Waals surface area contributed by atoms with Crippen LogP contribution in [0.4, 0.5) is 0 Å². The van der Waals surface area contributed by atoms with Gasteiger partial charge in [-0.2, -0.15) is 5.26 Å². The highest BCUT2D eigenvalue weighted by Gasteiger charge is 2.14. The predicted molar refractivity (Wildman–Crippen MR) is 111 cm³/mol. The number of H-pyrrole nitrogens is 1. The van der Waals surface area contributed by atoms with E-state index >= 15 is 0 Å². The molecule has 3 heterocycles. The Labute approximate surface area is 164 Å². The highest BCUT2D eigenvalue weighted by Crippen LogP contribution is 2.23. The minimum Gasteiger partial charge on any atom is -0.320 e. The molecule has 0 amide bonds. The van der Waals surface area contributed by atoms with Gasteiger partial charge in [-0.25, -0.2) is 0 Å². The van der Waals surface area contributed by atoms with Crippen LogP contribution in [0.25, 0.3) is 16.6 Å². The van der Waals surface area contributed by atoms with Gasteiger partial charge in [0.25, 0.3) is 5.56 Å². The Morgan fingerprint density at radius 3 is 2.75 bits per heavy atom. The number of rotatable bonds is 4. The molecule has 0 saturated carbocycles. The van der Waals surface area contributed by atoms with Gasteiger partial charge < -0.3 is 4.98 Å². The van der Waals surface area contributed by atoms with Gasteiger partial charge in [0.1, 0.15) is 0 Å². The lowest BCUT2D eigenvalue weighted by Crippen LogP contribution is -2.28. The molecule has 0 spiro atoms. The molecule has 2 aromatic heterocycles. The summed E-state index contributed by atoms with van der Waals surface area (Å²) < 4.78 is 0. The number of fused-ring (bicyclic) bond motifs is 1. The second-order valence-electron chi connectivity index (χ2n) is 7.16. The fourth-order valence-electron chi connectivity index (χ4n) is 3.65. The summed E-state index contributed by atoms with van der Waals surface area (Å²) >= 11 is 0. The van der Waals surface area contributed by atoms with E-state index in [4.69, 9.17) is 5.26 Å². The van der Waals surface area contributed by atoms with Gasteiger partial charge in [-0.05, 0) is 53.8 Å². The number of nitrogens with one attached hydrogen (secondary N) is 1. The number of hydrogen-bond donors (Lipinski definition) is 1. The van der Waals surface area contributed by atoms with Gasteiger partial charge in [0.15, 0.2) is 0 Å². The van der Waals surface area contributed by atoms with Gasteiger partial charge in [-0.3, -0.25) is 14.7 Å². The molecule has 0 radical (unpaired) electrons. The number of nitriles is 1. The van der Waals surface area contributed by atoms with Crippen LogP contribution in [0.1, 0.15) is 35.6 Å². The standard InChI is InChI=1S/C23H22N4O/c1-2-18-12-21-22(26-23(18)28)11-17(14-25-21)15-27-9-7-20(8-10-27)19-5-3-16(13-24)4-6-19/h3-7,11-12,14H,2,8-10,15H2,1H3,(H,26,28). The Morgan fingerprint density at radius 1 is 1.25 bits per heavy atom. The van der Waals surface area contributed by atoms with Crippen molar-refractivity contribution in [1.29, 1.82) is 5.26 Å². The van der Waals surface area contributed by atoms with Crippen LogP contribution in [0.15, 0.2) is 53.5 Å². The molecule has 5 heteroatoms. The number of hydrogen-bond acceptors (Lipinski definition) is 4. The Morgan fingerprint density at radius 2 is 2.07 bits per heavy atom. The van der Waals surface area contributed by atoms with Gasteiger partial charge in [0.2, 0.25) is 0 Å². The summed E-state index contributed by atoms with van der Waals surface area (Å²) in [5, 5.41) is 8.93. The molecular formula is C23H22N4O. The first-order valence-electron chi connectivity index (χ1n) is 9.59. The minimum absolute atomic E-state index is 0.0260. The number of benzene rings is 1. The van der Waals surface area contributed by atoms with Gasteiger partial charge in [-0.15, -0.1) is 0 Å². The van der Waals surface area contributed by atoms with Crippen LogP contribution in [-0.2, 0) is 13.0 Å². The zero-order valence-corrected chi connectivity index (χ0v) is 15.9. The smallest absolute Gasteiger partial charge is 0.251 e. The molecule has 4 rings (SSSR count). The summed E-state index contributed by atoms with van der Waals surface area (Å²) in [6, 6.07) is 13.9. The van der Waals surface area contributed by atoms with E-state index < -0.39 is 0 Å². The van der Waals surface area contributed by atoms with Crippen LogP contribution < -0.4 is 5.56 Å². The second kappa shape index (κ2) is 7.79. The molecule has 0 bridgehead atoms. The summed E-state index contributed by atoms with van der Waals surface area (Å²) in [5.74, 6) is 0. The van der Waals surface area contributed by atoms with Crippen LogP contribution >= 0.6 is 0 Å². The summed E-state index contributed by atoms with van der Waals surface area (Å²) in [4.78, 5) is 21.9. The summed E-state index contributed by atoms with van der Waals surface area (Å²) in [7, 11) is 0. The van der Waals surface area contributed by atoms with Gasteiger partial charge in [0, 0.05) is 31.4 Å². The lowest BCUT2D eigenvalue weighted by atomic mass is 9.98. The first kappa shape index (κ1) is 18.1. The largest absolute Gasteiger partial charge is 0.320 e. The van der Waals surface area contributed by atoms with E-state index in [1.807, 2.05) is 49.5 Å². The third-order valence-electron chi connectivity index (χ3n) is 5.29. The summed E-state index contributed by atoms with van der Waals surface area (Å²) in [5.41, 5.74) is 6.68. The van der Waals surface area contributed by atoms with Crippen molar-refractivity contribution in [3.63, 3.8) is 0 Å². The van der Waals surface area contributed by atoms with Gasteiger partial charge >= 0.3 is 0 Å². The van der Waals surface area contributed by atoms with E-state index in [0.717, 1.165) is 48.2 Å². The maximum atomic E-state index is 12.1. The van der Waals surface area contributed by atoms with Crippen molar-refractivity contribution < 1.29 is 0 Å². The molecular weight excluding hydrogens is 348 g/mol. The average molecular weight is 370 g/mol. The lowest BCUT2D eigenvalue weighted by Gasteiger charge is -2.26. The van der Waals surface area contributed by atoms with Crippen molar-refractivity contribution >= 4 is 16.6 Å². The Hall–Kier alpha value is -3.23. The first-order valence-corrected chi connectivity index (χ1v) is 9.59. The maximum Gasteiger partial charge on any atom is 0.251 e. The number of aromatic nitrogens is 2. The fourth-order valence-corrected chi connectivity index (χ4v) is 3.65. The average Bonchev–Trinajstić information content (AvgIpc) is 2.74. The van der Waals surface area contributed by atoms with Gasteiger partial charge in [-0.1, -0.05) is 25.1 Å². The third-order valence-corrected chi connectivity index (χ3v) is 5.29. The topological polar surface area (TPSA) is 72.8 Å². The summed E-state index contributed by atoms with van der Waals surface area (Å²) in [6.45, 7) is 4.62. The molecule has 3 aromatic rings. The number of aryl methyl sites for hydroxylation is 1. The molecule has 5 nitrogen and oxygen atoms in total. The lowest BCUT2D eigenvalue weighted by molar-refractivity contribution is 0.293. The number of aromatic amines is 1. The molecule has 28 heavy (non-hydrogen) atoms. The molecule has 1 aliphatic heterocycles. The monoisotopic (exact) mass is 370 g/mol. The third kappa shape index (κ3) is 3.73. The van der Waals surface area contributed by atoms with Crippen molar-refractivity contribution in [2.45, 2.75) is 26.3 Å². The molecule has 0 aliphatic carbocycles. The second-order valence-corrected chi connectivity index (χ2v) is 7.16. The highest BCUT2D eigenvalue weighted by molar-refractivity contribution is 5.75. The Bertz CT molecular complexity index is 1140. The first-order chi connectivity index (χ1) is 13.7. The molecule has 1 aliphatic rings. The highest BCUT2D eigenvalue weighted by atomic mass is 16.1.